The molecular formula is C42H88N2. The minimum Gasteiger partial charge on any atom is -0.315 e. The molecule has 0 aliphatic rings. The van der Waals surface area contributed by atoms with Gasteiger partial charge in [0.1, 0.15) is 0 Å². The van der Waals surface area contributed by atoms with Gasteiger partial charge in [-0.05, 0) is 25.9 Å². The van der Waals surface area contributed by atoms with E-state index in [1.807, 2.05) is 0 Å². The molecule has 0 spiro atoms. The van der Waals surface area contributed by atoms with E-state index in [9.17, 15) is 0 Å². The second-order valence-electron chi connectivity index (χ2n) is 14.5. The number of rotatable bonds is 41. The highest BCUT2D eigenvalue weighted by molar-refractivity contribution is 4.56. The molecule has 0 aliphatic carbocycles. The SMILES string of the molecule is CCCCCCCCCCCCCCCCCCCCNCCNCCCCCCCCCCCCCCCCCCCC. The van der Waals surface area contributed by atoms with Crippen molar-refractivity contribution >= 4 is 0 Å². The van der Waals surface area contributed by atoms with Crippen LogP contribution in [0.15, 0.2) is 0 Å². The lowest BCUT2D eigenvalue weighted by Gasteiger charge is -2.07. The van der Waals surface area contributed by atoms with Crippen LogP contribution in [0.1, 0.15) is 245 Å². The summed E-state index contributed by atoms with van der Waals surface area (Å²) in [6, 6.07) is 0. The summed E-state index contributed by atoms with van der Waals surface area (Å²) in [6.07, 6.45) is 52.4. The van der Waals surface area contributed by atoms with Crippen molar-refractivity contribution in [3.05, 3.63) is 0 Å². The average molecular weight is 621 g/mol. The van der Waals surface area contributed by atoms with Crippen LogP contribution in [0.2, 0.25) is 0 Å². The maximum atomic E-state index is 3.64. The van der Waals surface area contributed by atoms with Crippen LogP contribution in [0.4, 0.5) is 0 Å². The van der Waals surface area contributed by atoms with E-state index in [0.717, 1.165) is 13.1 Å². The Bertz CT molecular complexity index is 423. The minimum absolute atomic E-state index is 1.14. The molecule has 0 aromatic heterocycles. The zero-order valence-electron chi connectivity index (χ0n) is 31.3. The van der Waals surface area contributed by atoms with E-state index in [2.05, 4.69) is 24.5 Å². The van der Waals surface area contributed by atoms with Crippen molar-refractivity contribution in [2.24, 2.45) is 0 Å². The molecule has 0 aromatic carbocycles. The van der Waals surface area contributed by atoms with E-state index in [0.29, 0.717) is 0 Å². The van der Waals surface area contributed by atoms with Crippen molar-refractivity contribution in [2.75, 3.05) is 26.2 Å². The summed E-state index contributed by atoms with van der Waals surface area (Å²) in [4.78, 5) is 0. The largest absolute Gasteiger partial charge is 0.315 e. The number of unbranched alkanes of at least 4 members (excludes halogenated alkanes) is 34. The van der Waals surface area contributed by atoms with Crippen LogP contribution in [0.3, 0.4) is 0 Å². The fourth-order valence-corrected chi connectivity index (χ4v) is 6.73. The molecule has 0 rings (SSSR count). The van der Waals surface area contributed by atoms with E-state index in [-0.39, 0.29) is 0 Å². The Kier molecular flexibility index (Phi) is 42.8. The van der Waals surface area contributed by atoms with Gasteiger partial charge >= 0.3 is 0 Å². The molecule has 0 fully saturated rings. The topological polar surface area (TPSA) is 24.1 Å². The van der Waals surface area contributed by atoms with E-state index in [1.54, 1.807) is 0 Å². The molecule has 0 amide bonds. The molecule has 0 aromatic rings. The maximum Gasteiger partial charge on any atom is 0.00767 e. The summed E-state index contributed by atoms with van der Waals surface area (Å²) in [6.45, 7) is 9.30. The highest BCUT2D eigenvalue weighted by Crippen LogP contribution is 2.15. The molecular weight excluding hydrogens is 532 g/mol. The second kappa shape index (κ2) is 42.9. The smallest absolute Gasteiger partial charge is 0.00767 e. The van der Waals surface area contributed by atoms with E-state index in [1.165, 1.54) is 244 Å². The third-order valence-electron chi connectivity index (χ3n) is 9.89. The Labute approximate surface area is 281 Å². The van der Waals surface area contributed by atoms with Gasteiger partial charge in [-0.3, -0.25) is 0 Å². The highest BCUT2D eigenvalue weighted by Gasteiger charge is 1.97. The molecule has 0 saturated heterocycles. The van der Waals surface area contributed by atoms with Crippen molar-refractivity contribution in [2.45, 2.75) is 245 Å². The van der Waals surface area contributed by atoms with Crippen LogP contribution in [-0.2, 0) is 0 Å². The Hall–Kier alpha value is -0.0800. The van der Waals surface area contributed by atoms with Gasteiger partial charge in [0.25, 0.3) is 0 Å². The number of hydrogen-bond donors (Lipinski definition) is 2. The lowest BCUT2D eigenvalue weighted by atomic mass is 10.0. The first kappa shape index (κ1) is 43.9. The summed E-state index contributed by atoms with van der Waals surface area (Å²) in [5.41, 5.74) is 0. The molecule has 2 N–H and O–H groups in total. The number of hydrogen-bond acceptors (Lipinski definition) is 2. The lowest BCUT2D eigenvalue weighted by molar-refractivity contribution is 0.515. The molecule has 0 bridgehead atoms. The van der Waals surface area contributed by atoms with Crippen LogP contribution in [-0.4, -0.2) is 26.2 Å². The van der Waals surface area contributed by atoms with Crippen LogP contribution in [0, 0.1) is 0 Å². The zero-order chi connectivity index (χ0) is 31.7. The quantitative estimate of drug-likeness (QED) is 0.0664. The zero-order valence-corrected chi connectivity index (χ0v) is 31.3. The minimum atomic E-state index is 1.14. The Balaban J connectivity index is 3.03. The average Bonchev–Trinajstić information content (AvgIpc) is 3.04. The van der Waals surface area contributed by atoms with Crippen molar-refractivity contribution < 1.29 is 0 Å². The summed E-state index contributed by atoms with van der Waals surface area (Å²) >= 11 is 0. The standard InChI is InChI=1S/C42H88N2/c1-3-5-7-9-11-13-15-17-19-21-23-25-27-29-31-33-35-37-39-43-41-42-44-40-38-36-34-32-30-28-26-24-22-20-18-16-14-12-10-8-6-4-2/h43-44H,3-42H2,1-2H3. The molecule has 0 aliphatic heterocycles. The summed E-state index contributed by atoms with van der Waals surface area (Å²) < 4.78 is 0. The van der Waals surface area contributed by atoms with E-state index >= 15 is 0 Å². The molecule has 2 heteroatoms. The van der Waals surface area contributed by atoms with Crippen LogP contribution < -0.4 is 10.6 Å². The van der Waals surface area contributed by atoms with Gasteiger partial charge < -0.3 is 10.6 Å². The molecule has 266 valence electrons. The first-order valence-electron chi connectivity index (χ1n) is 21.3. The fourth-order valence-electron chi connectivity index (χ4n) is 6.73. The van der Waals surface area contributed by atoms with Gasteiger partial charge in [0.15, 0.2) is 0 Å². The van der Waals surface area contributed by atoms with Crippen LogP contribution in [0.5, 0.6) is 0 Å². The van der Waals surface area contributed by atoms with Crippen molar-refractivity contribution in [1.82, 2.24) is 10.6 Å². The first-order valence-corrected chi connectivity index (χ1v) is 21.3. The lowest BCUT2D eigenvalue weighted by Crippen LogP contribution is -2.28. The van der Waals surface area contributed by atoms with Gasteiger partial charge in [0.2, 0.25) is 0 Å². The normalized spacial score (nSPS) is 11.6. The summed E-state index contributed by atoms with van der Waals surface area (Å²) in [5.74, 6) is 0. The van der Waals surface area contributed by atoms with E-state index in [4.69, 9.17) is 0 Å². The number of nitrogens with one attached hydrogen (secondary N) is 2. The fraction of sp³-hybridized carbons (Fsp3) is 1.00. The molecule has 0 unspecified atom stereocenters. The van der Waals surface area contributed by atoms with Gasteiger partial charge in [0.05, 0.1) is 0 Å². The Morgan fingerprint density at radius 2 is 0.341 bits per heavy atom. The summed E-state index contributed by atoms with van der Waals surface area (Å²) in [5, 5.41) is 7.28. The van der Waals surface area contributed by atoms with E-state index < -0.39 is 0 Å². The maximum absolute atomic E-state index is 3.64. The van der Waals surface area contributed by atoms with Crippen molar-refractivity contribution in [3.8, 4) is 0 Å². The van der Waals surface area contributed by atoms with Crippen molar-refractivity contribution in [3.63, 3.8) is 0 Å². The molecule has 0 atom stereocenters. The Morgan fingerprint density at radius 3 is 0.523 bits per heavy atom. The predicted octanol–water partition coefficient (Wildman–Crippen LogP) is 14.2. The first-order chi connectivity index (χ1) is 21.9. The van der Waals surface area contributed by atoms with Crippen LogP contribution >= 0.6 is 0 Å². The van der Waals surface area contributed by atoms with Gasteiger partial charge in [0, 0.05) is 13.1 Å². The highest BCUT2D eigenvalue weighted by atomic mass is 14.9. The van der Waals surface area contributed by atoms with Gasteiger partial charge in [-0.2, -0.15) is 0 Å². The monoisotopic (exact) mass is 621 g/mol. The van der Waals surface area contributed by atoms with Gasteiger partial charge in [-0.25, -0.2) is 0 Å². The molecule has 44 heavy (non-hydrogen) atoms. The molecule has 0 radical (unpaired) electrons. The molecule has 2 nitrogen and oxygen atoms in total. The molecule has 0 heterocycles. The molecule has 0 saturated carbocycles. The van der Waals surface area contributed by atoms with Crippen LogP contribution in [0.25, 0.3) is 0 Å². The third-order valence-corrected chi connectivity index (χ3v) is 9.89. The second-order valence-corrected chi connectivity index (χ2v) is 14.5. The van der Waals surface area contributed by atoms with Crippen molar-refractivity contribution in [1.29, 1.82) is 0 Å². The summed E-state index contributed by atoms with van der Waals surface area (Å²) in [7, 11) is 0. The third kappa shape index (κ3) is 41.9. The van der Waals surface area contributed by atoms with Gasteiger partial charge in [-0.1, -0.05) is 232 Å². The Morgan fingerprint density at radius 1 is 0.182 bits per heavy atom. The van der Waals surface area contributed by atoms with Gasteiger partial charge in [-0.15, -0.1) is 0 Å². The predicted molar refractivity (Wildman–Crippen MR) is 203 cm³/mol.